The average Bonchev–Trinajstić information content (AvgIpc) is 2.65. The Labute approximate surface area is 86.3 Å². The first kappa shape index (κ1) is 9.82. The van der Waals surface area contributed by atoms with Gasteiger partial charge in [0, 0.05) is 13.6 Å². The van der Waals surface area contributed by atoms with Gasteiger partial charge in [-0.3, -0.25) is 4.79 Å². The molecule has 5 nitrogen and oxygen atoms in total. The molecule has 1 N–H and O–H groups in total. The zero-order chi connectivity index (χ0) is 10.8. The number of amides is 1. The van der Waals surface area contributed by atoms with Crippen LogP contribution in [0.2, 0.25) is 0 Å². The first-order valence-corrected chi connectivity index (χ1v) is 4.66. The summed E-state index contributed by atoms with van der Waals surface area (Å²) in [6.45, 7) is 0.662. The largest absolute Gasteiger partial charge is 0.354 e. The van der Waals surface area contributed by atoms with Crippen molar-refractivity contribution >= 4 is 11.9 Å². The molecule has 0 spiro atoms. The molecular formula is C9H11FN4O. The number of carbonyl (C=O) groups excluding carboxylic acids is 1. The molecule has 80 valence electrons. The van der Waals surface area contributed by atoms with Crippen LogP contribution in [0.5, 0.6) is 0 Å². The Hall–Kier alpha value is -1.72. The highest BCUT2D eigenvalue weighted by atomic mass is 19.1. The highest BCUT2D eigenvalue weighted by molar-refractivity contribution is 5.86. The molecule has 0 radical (unpaired) electrons. The van der Waals surface area contributed by atoms with Crippen LogP contribution in [0.3, 0.4) is 0 Å². The SMILES string of the molecule is CN(c1ncc(F)cn1)C1CCNC1=O. The van der Waals surface area contributed by atoms with E-state index >= 15 is 0 Å². The van der Waals surface area contributed by atoms with Crippen molar-refractivity contribution in [3.63, 3.8) is 0 Å². The molecule has 0 aliphatic carbocycles. The van der Waals surface area contributed by atoms with E-state index in [1.807, 2.05) is 0 Å². The number of anilines is 1. The van der Waals surface area contributed by atoms with Crippen LogP contribution in [0.4, 0.5) is 10.3 Å². The monoisotopic (exact) mass is 210 g/mol. The van der Waals surface area contributed by atoms with Crippen LogP contribution in [-0.4, -0.2) is 35.5 Å². The van der Waals surface area contributed by atoms with Crippen molar-refractivity contribution < 1.29 is 9.18 Å². The fraction of sp³-hybridized carbons (Fsp3) is 0.444. The van der Waals surface area contributed by atoms with Crippen LogP contribution in [0, 0.1) is 5.82 Å². The summed E-state index contributed by atoms with van der Waals surface area (Å²) >= 11 is 0. The second-order valence-corrected chi connectivity index (χ2v) is 3.41. The molecule has 15 heavy (non-hydrogen) atoms. The predicted molar refractivity (Wildman–Crippen MR) is 51.8 cm³/mol. The molecule has 1 aromatic heterocycles. The summed E-state index contributed by atoms with van der Waals surface area (Å²) in [5.74, 6) is -0.160. The normalized spacial score (nSPS) is 20.1. The van der Waals surface area contributed by atoms with Gasteiger partial charge in [0.2, 0.25) is 11.9 Å². The van der Waals surface area contributed by atoms with E-state index < -0.39 is 5.82 Å². The molecule has 1 aromatic rings. The van der Waals surface area contributed by atoms with E-state index in [0.717, 1.165) is 18.8 Å². The minimum absolute atomic E-state index is 0.0366. The van der Waals surface area contributed by atoms with Crippen LogP contribution in [-0.2, 0) is 4.79 Å². The molecule has 1 aliphatic heterocycles. The summed E-state index contributed by atoms with van der Waals surface area (Å²) in [5.41, 5.74) is 0. The van der Waals surface area contributed by atoms with Crippen LogP contribution >= 0.6 is 0 Å². The number of aromatic nitrogens is 2. The Balaban J connectivity index is 2.16. The number of rotatable bonds is 2. The summed E-state index contributed by atoms with van der Waals surface area (Å²) in [4.78, 5) is 20.7. The second kappa shape index (κ2) is 3.80. The zero-order valence-electron chi connectivity index (χ0n) is 8.27. The molecule has 1 aliphatic rings. The van der Waals surface area contributed by atoms with Crippen molar-refractivity contribution in [2.75, 3.05) is 18.5 Å². The lowest BCUT2D eigenvalue weighted by Crippen LogP contribution is -2.38. The highest BCUT2D eigenvalue weighted by Crippen LogP contribution is 2.13. The van der Waals surface area contributed by atoms with E-state index in [4.69, 9.17) is 0 Å². The molecule has 0 bridgehead atoms. The van der Waals surface area contributed by atoms with Gasteiger partial charge in [-0.15, -0.1) is 0 Å². The fourth-order valence-electron chi connectivity index (χ4n) is 1.58. The Morgan fingerprint density at radius 2 is 2.20 bits per heavy atom. The number of halogens is 1. The highest BCUT2D eigenvalue weighted by Gasteiger charge is 2.29. The van der Waals surface area contributed by atoms with E-state index in [9.17, 15) is 9.18 Å². The van der Waals surface area contributed by atoms with Crippen molar-refractivity contribution in [1.29, 1.82) is 0 Å². The molecule has 0 saturated carbocycles. The third-order valence-electron chi connectivity index (χ3n) is 2.41. The van der Waals surface area contributed by atoms with Gasteiger partial charge in [-0.1, -0.05) is 0 Å². The Morgan fingerprint density at radius 1 is 1.53 bits per heavy atom. The molecule has 1 amide bonds. The van der Waals surface area contributed by atoms with Gasteiger partial charge in [0.15, 0.2) is 5.82 Å². The fourth-order valence-corrected chi connectivity index (χ4v) is 1.58. The van der Waals surface area contributed by atoms with Crippen LogP contribution < -0.4 is 10.2 Å². The molecular weight excluding hydrogens is 199 g/mol. The minimum Gasteiger partial charge on any atom is -0.354 e. The molecule has 0 aromatic carbocycles. The number of nitrogens with one attached hydrogen (secondary N) is 1. The van der Waals surface area contributed by atoms with E-state index in [-0.39, 0.29) is 11.9 Å². The summed E-state index contributed by atoms with van der Waals surface area (Å²) in [6.07, 6.45) is 2.90. The Bertz CT molecular complexity index is 367. The van der Waals surface area contributed by atoms with E-state index in [2.05, 4.69) is 15.3 Å². The first-order valence-electron chi connectivity index (χ1n) is 4.66. The van der Waals surface area contributed by atoms with Gasteiger partial charge in [0.1, 0.15) is 6.04 Å². The molecule has 1 fully saturated rings. The maximum Gasteiger partial charge on any atom is 0.242 e. The van der Waals surface area contributed by atoms with E-state index in [0.29, 0.717) is 12.5 Å². The third-order valence-corrected chi connectivity index (χ3v) is 2.41. The Kier molecular flexibility index (Phi) is 2.49. The van der Waals surface area contributed by atoms with Gasteiger partial charge < -0.3 is 10.2 Å². The van der Waals surface area contributed by atoms with Crippen molar-refractivity contribution in [2.24, 2.45) is 0 Å². The third kappa shape index (κ3) is 1.88. The van der Waals surface area contributed by atoms with Gasteiger partial charge in [-0.2, -0.15) is 0 Å². The molecule has 1 unspecified atom stereocenters. The molecule has 6 heteroatoms. The lowest BCUT2D eigenvalue weighted by atomic mass is 10.2. The van der Waals surface area contributed by atoms with Crippen LogP contribution in [0.15, 0.2) is 12.4 Å². The molecule has 2 rings (SSSR count). The number of carbonyl (C=O) groups is 1. The van der Waals surface area contributed by atoms with Gasteiger partial charge in [0.25, 0.3) is 0 Å². The molecule has 1 saturated heterocycles. The second-order valence-electron chi connectivity index (χ2n) is 3.41. The van der Waals surface area contributed by atoms with Crippen molar-refractivity contribution in [2.45, 2.75) is 12.5 Å². The quantitative estimate of drug-likeness (QED) is 0.743. The summed E-state index contributed by atoms with van der Waals surface area (Å²) < 4.78 is 12.6. The van der Waals surface area contributed by atoms with Crippen molar-refractivity contribution in [1.82, 2.24) is 15.3 Å². The first-order chi connectivity index (χ1) is 7.18. The summed E-state index contributed by atoms with van der Waals surface area (Å²) in [6, 6.07) is -0.254. The Morgan fingerprint density at radius 3 is 2.73 bits per heavy atom. The molecule has 2 heterocycles. The smallest absolute Gasteiger partial charge is 0.242 e. The minimum atomic E-state index is -0.483. The van der Waals surface area contributed by atoms with Crippen molar-refractivity contribution in [3.8, 4) is 0 Å². The van der Waals surface area contributed by atoms with Gasteiger partial charge in [-0.25, -0.2) is 14.4 Å². The lowest BCUT2D eigenvalue weighted by molar-refractivity contribution is -0.120. The topological polar surface area (TPSA) is 58.1 Å². The maximum absolute atomic E-state index is 12.6. The number of likely N-dealkylation sites (N-methyl/N-ethyl adjacent to an activating group) is 1. The standard InChI is InChI=1S/C9H11FN4O/c1-14(7-2-3-11-8(7)15)9-12-4-6(10)5-13-9/h4-5,7H,2-3H2,1H3,(H,11,15). The maximum atomic E-state index is 12.6. The van der Waals surface area contributed by atoms with Gasteiger partial charge >= 0.3 is 0 Å². The number of nitrogens with zero attached hydrogens (tertiary/aromatic N) is 3. The summed E-state index contributed by atoms with van der Waals surface area (Å²) in [7, 11) is 1.73. The van der Waals surface area contributed by atoms with Crippen LogP contribution in [0.25, 0.3) is 0 Å². The van der Waals surface area contributed by atoms with Crippen LogP contribution in [0.1, 0.15) is 6.42 Å². The average molecular weight is 210 g/mol. The number of hydrogen-bond acceptors (Lipinski definition) is 4. The van der Waals surface area contributed by atoms with E-state index in [1.165, 1.54) is 0 Å². The zero-order valence-corrected chi connectivity index (χ0v) is 8.27. The number of hydrogen-bond donors (Lipinski definition) is 1. The lowest BCUT2D eigenvalue weighted by Gasteiger charge is -2.21. The van der Waals surface area contributed by atoms with Gasteiger partial charge in [-0.05, 0) is 6.42 Å². The summed E-state index contributed by atoms with van der Waals surface area (Å²) in [5, 5.41) is 2.72. The molecule has 1 atom stereocenters. The van der Waals surface area contributed by atoms with E-state index in [1.54, 1.807) is 11.9 Å². The predicted octanol–water partition coefficient (Wildman–Crippen LogP) is -0.0596. The van der Waals surface area contributed by atoms with Crippen molar-refractivity contribution in [3.05, 3.63) is 18.2 Å². The van der Waals surface area contributed by atoms with Gasteiger partial charge in [0.05, 0.1) is 12.4 Å².